The molecule has 0 aliphatic carbocycles. The second-order valence-electron chi connectivity index (χ2n) is 3.58. The van der Waals surface area contributed by atoms with E-state index < -0.39 is 5.82 Å². The van der Waals surface area contributed by atoms with Gasteiger partial charge in [-0.1, -0.05) is 11.6 Å². The number of hydrogen-bond donors (Lipinski definition) is 2. The van der Waals surface area contributed by atoms with E-state index in [-0.39, 0.29) is 5.02 Å². The lowest BCUT2D eigenvalue weighted by atomic mass is 10.2. The quantitative estimate of drug-likeness (QED) is 0.780. The van der Waals surface area contributed by atoms with Gasteiger partial charge >= 0.3 is 0 Å². The van der Waals surface area contributed by atoms with Gasteiger partial charge in [0.05, 0.1) is 16.4 Å². The average Bonchev–Trinajstić information content (AvgIpc) is 2.13. The molecule has 84 valence electrons. The Morgan fingerprint density at radius 1 is 1.47 bits per heavy atom. The average molecular weight is 232 g/mol. The Hall–Kier alpha value is -1.00. The van der Waals surface area contributed by atoms with Crippen molar-refractivity contribution in [3.8, 4) is 0 Å². The third-order valence-electron chi connectivity index (χ3n) is 1.97. The number of anilines is 2. The van der Waals surface area contributed by atoms with E-state index in [4.69, 9.17) is 17.3 Å². The molecular formula is C10H15ClFN3. The van der Waals surface area contributed by atoms with Gasteiger partial charge in [0.1, 0.15) is 5.82 Å². The Balaban J connectivity index is 2.65. The molecule has 0 fully saturated rings. The largest absolute Gasteiger partial charge is 0.397 e. The van der Waals surface area contributed by atoms with Crippen LogP contribution in [0.15, 0.2) is 12.1 Å². The third-order valence-corrected chi connectivity index (χ3v) is 2.26. The standard InChI is InChI=1S/C10H15ClFN3/c1-15(2)4-3-14-10-5-7(11)8(12)6-9(10)13/h5-6,14H,3-4,13H2,1-2H3. The van der Waals surface area contributed by atoms with E-state index in [0.29, 0.717) is 11.4 Å². The van der Waals surface area contributed by atoms with Gasteiger partial charge in [-0.25, -0.2) is 4.39 Å². The van der Waals surface area contributed by atoms with E-state index in [9.17, 15) is 4.39 Å². The fourth-order valence-corrected chi connectivity index (χ4v) is 1.29. The summed E-state index contributed by atoms with van der Waals surface area (Å²) in [5.41, 5.74) is 6.67. The van der Waals surface area contributed by atoms with Crippen LogP contribution in [-0.4, -0.2) is 32.1 Å². The van der Waals surface area contributed by atoms with Crippen LogP contribution in [0.25, 0.3) is 0 Å². The molecule has 0 amide bonds. The first-order valence-electron chi connectivity index (χ1n) is 4.64. The second-order valence-corrected chi connectivity index (χ2v) is 3.99. The molecule has 15 heavy (non-hydrogen) atoms. The number of halogens is 2. The van der Waals surface area contributed by atoms with Gasteiger partial charge in [-0.15, -0.1) is 0 Å². The molecule has 5 heteroatoms. The Morgan fingerprint density at radius 3 is 2.73 bits per heavy atom. The monoisotopic (exact) mass is 231 g/mol. The maximum Gasteiger partial charge on any atom is 0.143 e. The van der Waals surface area contributed by atoms with Crippen LogP contribution < -0.4 is 11.1 Å². The van der Waals surface area contributed by atoms with E-state index in [1.54, 1.807) is 0 Å². The van der Waals surface area contributed by atoms with Crippen molar-refractivity contribution in [2.75, 3.05) is 38.2 Å². The lowest BCUT2D eigenvalue weighted by Crippen LogP contribution is -2.21. The first-order chi connectivity index (χ1) is 7.00. The maximum absolute atomic E-state index is 13.0. The number of rotatable bonds is 4. The molecule has 3 N–H and O–H groups in total. The summed E-state index contributed by atoms with van der Waals surface area (Å²) in [6.45, 7) is 1.60. The summed E-state index contributed by atoms with van der Waals surface area (Å²) < 4.78 is 13.0. The molecule has 0 spiro atoms. The van der Waals surface area contributed by atoms with Crippen molar-refractivity contribution in [3.63, 3.8) is 0 Å². The minimum absolute atomic E-state index is 0.0801. The van der Waals surface area contributed by atoms with Crippen LogP contribution >= 0.6 is 11.6 Å². The van der Waals surface area contributed by atoms with Gasteiger partial charge in [-0.2, -0.15) is 0 Å². The molecule has 0 aliphatic rings. The van der Waals surface area contributed by atoms with Crippen molar-refractivity contribution in [2.45, 2.75) is 0 Å². The van der Waals surface area contributed by atoms with Crippen molar-refractivity contribution in [3.05, 3.63) is 23.0 Å². The topological polar surface area (TPSA) is 41.3 Å². The summed E-state index contributed by atoms with van der Waals surface area (Å²) in [6, 6.07) is 2.72. The Labute approximate surface area is 94.0 Å². The first-order valence-corrected chi connectivity index (χ1v) is 5.01. The minimum atomic E-state index is -0.493. The van der Waals surface area contributed by atoms with Gasteiger partial charge in [-0.3, -0.25) is 0 Å². The van der Waals surface area contributed by atoms with Crippen LogP contribution in [-0.2, 0) is 0 Å². The smallest absolute Gasteiger partial charge is 0.143 e. The zero-order chi connectivity index (χ0) is 11.4. The molecular weight excluding hydrogens is 217 g/mol. The van der Waals surface area contributed by atoms with Crippen LogP contribution in [0.3, 0.4) is 0 Å². The zero-order valence-electron chi connectivity index (χ0n) is 8.85. The lowest BCUT2D eigenvalue weighted by molar-refractivity contribution is 0.425. The molecule has 0 unspecified atom stereocenters. The molecule has 1 aromatic carbocycles. The highest BCUT2D eigenvalue weighted by atomic mass is 35.5. The summed E-state index contributed by atoms with van der Waals surface area (Å²) in [5, 5.41) is 3.17. The van der Waals surface area contributed by atoms with Crippen molar-refractivity contribution >= 4 is 23.0 Å². The van der Waals surface area contributed by atoms with Crippen molar-refractivity contribution in [1.29, 1.82) is 0 Å². The van der Waals surface area contributed by atoms with Crippen LogP contribution in [0, 0.1) is 5.82 Å². The Morgan fingerprint density at radius 2 is 2.13 bits per heavy atom. The highest BCUT2D eigenvalue weighted by Crippen LogP contribution is 2.25. The van der Waals surface area contributed by atoms with Crippen LogP contribution in [0.1, 0.15) is 0 Å². The van der Waals surface area contributed by atoms with E-state index >= 15 is 0 Å². The zero-order valence-corrected chi connectivity index (χ0v) is 9.61. The van der Waals surface area contributed by atoms with Gasteiger partial charge in [-0.05, 0) is 20.2 Å². The van der Waals surface area contributed by atoms with Crippen molar-refractivity contribution in [2.24, 2.45) is 0 Å². The fraction of sp³-hybridized carbons (Fsp3) is 0.400. The summed E-state index contributed by atoms with van der Waals surface area (Å²) in [6.07, 6.45) is 0. The molecule has 0 saturated carbocycles. The van der Waals surface area contributed by atoms with E-state index in [1.165, 1.54) is 12.1 Å². The van der Waals surface area contributed by atoms with E-state index in [0.717, 1.165) is 13.1 Å². The van der Waals surface area contributed by atoms with Crippen LogP contribution in [0.4, 0.5) is 15.8 Å². The number of benzene rings is 1. The molecule has 0 radical (unpaired) electrons. The predicted molar refractivity (Wildman–Crippen MR) is 62.9 cm³/mol. The predicted octanol–water partition coefficient (Wildman–Crippen LogP) is 2.03. The molecule has 1 aromatic rings. The maximum atomic E-state index is 13.0. The van der Waals surface area contributed by atoms with Gasteiger partial charge in [0.15, 0.2) is 0 Å². The van der Waals surface area contributed by atoms with Crippen molar-refractivity contribution in [1.82, 2.24) is 4.90 Å². The normalized spacial score (nSPS) is 10.7. The highest BCUT2D eigenvalue weighted by molar-refractivity contribution is 6.31. The minimum Gasteiger partial charge on any atom is -0.397 e. The number of nitrogen functional groups attached to an aromatic ring is 1. The molecule has 0 saturated heterocycles. The third kappa shape index (κ3) is 3.57. The Bertz CT molecular complexity index is 342. The molecule has 0 atom stereocenters. The number of hydrogen-bond acceptors (Lipinski definition) is 3. The summed E-state index contributed by atoms with van der Waals surface area (Å²) in [4.78, 5) is 2.04. The van der Waals surface area contributed by atoms with Gasteiger partial charge in [0.25, 0.3) is 0 Å². The first kappa shape index (κ1) is 12.1. The van der Waals surface area contributed by atoms with E-state index in [2.05, 4.69) is 5.32 Å². The van der Waals surface area contributed by atoms with E-state index in [1.807, 2.05) is 19.0 Å². The fourth-order valence-electron chi connectivity index (χ4n) is 1.13. The molecule has 0 aromatic heterocycles. The SMILES string of the molecule is CN(C)CCNc1cc(Cl)c(F)cc1N. The van der Waals surface area contributed by atoms with Crippen LogP contribution in [0.2, 0.25) is 5.02 Å². The number of nitrogens with zero attached hydrogens (tertiary/aromatic N) is 1. The number of nitrogens with two attached hydrogens (primary N) is 1. The summed E-state index contributed by atoms with van der Waals surface area (Å²) in [7, 11) is 3.95. The highest BCUT2D eigenvalue weighted by Gasteiger charge is 2.05. The molecule has 0 aliphatic heterocycles. The summed E-state index contributed by atoms with van der Waals surface area (Å²) in [5.74, 6) is -0.493. The number of likely N-dealkylation sites (N-methyl/N-ethyl adjacent to an activating group) is 1. The lowest BCUT2D eigenvalue weighted by Gasteiger charge is -2.13. The molecule has 0 heterocycles. The second kappa shape index (κ2) is 5.19. The van der Waals surface area contributed by atoms with Gasteiger partial charge < -0.3 is 16.0 Å². The Kier molecular flexibility index (Phi) is 4.17. The van der Waals surface area contributed by atoms with Crippen LogP contribution in [0.5, 0.6) is 0 Å². The number of nitrogens with one attached hydrogen (secondary N) is 1. The molecule has 0 bridgehead atoms. The van der Waals surface area contributed by atoms with Gasteiger partial charge in [0, 0.05) is 19.2 Å². The molecule has 1 rings (SSSR count). The van der Waals surface area contributed by atoms with Crippen molar-refractivity contribution < 1.29 is 4.39 Å². The summed E-state index contributed by atoms with van der Waals surface area (Å²) >= 11 is 5.65. The molecule has 3 nitrogen and oxygen atoms in total. The van der Waals surface area contributed by atoms with Gasteiger partial charge in [0.2, 0.25) is 0 Å².